The average Bonchev–Trinajstić information content (AvgIpc) is 3.07. The minimum atomic E-state index is -0.0904. The van der Waals surface area contributed by atoms with Crippen LogP contribution in [0.2, 0.25) is 0 Å². The summed E-state index contributed by atoms with van der Waals surface area (Å²) in [6, 6.07) is 7.57. The van der Waals surface area contributed by atoms with Crippen molar-refractivity contribution in [3.63, 3.8) is 0 Å². The van der Waals surface area contributed by atoms with Crippen molar-refractivity contribution in [2.45, 2.75) is 13.5 Å². The van der Waals surface area contributed by atoms with Gasteiger partial charge >= 0.3 is 0 Å². The zero-order chi connectivity index (χ0) is 14.1. The number of pyridine rings is 1. The molecule has 3 aromatic heterocycles. The van der Waals surface area contributed by atoms with Crippen LogP contribution in [0.25, 0.3) is 5.65 Å². The van der Waals surface area contributed by atoms with Crippen LogP contribution in [0.15, 0.2) is 47.4 Å². The molecule has 5 nitrogen and oxygen atoms in total. The summed E-state index contributed by atoms with van der Waals surface area (Å²) in [7, 11) is 1.76. The number of aryl methyl sites for hydroxylation is 1. The number of aromatic nitrogens is 2. The molecule has 102 valence electrons. The van der Waals surface area contributed by atoms with E-state index in [1.54, 1.807) is 24.5 Å². The van der Waals surface area contributed by atoms with Crippen molar-refractivity contribution >= 4 is 11.6 Å². The van der Waals surface area contributed by atoms with E-state index in [-0.39, 0.29) is 5.91 Å². The van der Waals surface area contributed by atoms with Crippen LogP contribution in [0.1, 0.15) is 21.7 Å². The van der Waals surface area contributed by atoms with Crippen LogP contribution in [0.4, 0.5) is 0 Å². The fraction of sp³-hybridized carbons (Fsp3) is 0.200. The van der Waals surface area contributed by atoms with Crippen molar-refractivity contribution in [3.8, 4) is 0 Å². The number of amides is 1. The Labute approximate surface area is 116 Å². The molecule has 0 N–H and O–H groups in total. The maximum absolute atomic E-state index is 12.5. The van der Waals surface area contributed by atoms with E-state index in [1.807, 2.05) is 41.8 Å². The van der Waals surface area contributed by atoms with Crippen molar-refractivity contribution in [3.05, 3.63) is 59.9 Å². The standard InChI is InChI=1S/C15H15N3O2/c1-11-14(16-13-5-3-4-7-18(11)13)15(19)17(2)9-12-6-8-20-10-12/h3-8,10H,9H2,1-2H3. The van der Waals surface area contributed by atoms with E-state index < -0.39 is 0 Å². The SMILES string of the molecule is Cc1c(C(=O)N(C)Cc2ccoc2)nc2ccccn12. The fourth-order valence-electron chi connectivity index (χ4n) is 2.23. The minimum Gasteiger partial charge on any atom is -0.472 e. The number of carbonyl (C=O) groups excluding carboxylic acids is 1. The Morgan fingerprint density at radius 1 is 1.40 bits per heavy atom. The molecule has 0 aliphatic rings. The predicted octanol–water partition coefficient (Wildman–Crippen LogP) is 2.51. The van der Waals surface area contributed by atoms with Gasteiger partial charge in [0.1, 0.15) is 11.3 Å². The third-order valence-corrected chi connectivity index (χ3v) is 3.32. The largest absolute Gasteiger partial charge is 0.472 e. The Kier molecular flexibility index (Phi) is 3.02. The summed E-state index contributed by atoms with van der Waals surface area (Å²) in [5, 5.41) is 0. The van der Waals surface area contributed by atoms with E-state index in [4.69, 9.17) is 4.42 Å². The molecule has 3 rings (SSSR count). The second kappa shape index (κ2) is 4.85. The predicted molar refractivity (Wildman–Crippen MR) is 74.4 cm³/mol. The fourth-order valence-corrected chi connectivity index (χ4v) is 2.23. The summed E-state index contributed by atoms with van der Waals surface area (Å²) in [5.41, 5.74) is 3.08. The normalized spacial score (nSPS) is 10.9. The molecule has 0 saturated heterocycles. The molecule has 0 aliphatic heterocycles. The van der Waals surface area contributed by atoms with Crippen LogP contribution in [0.3, 0.4) is 0 Å². The highest BCUT2D eigenvalue weighted by Crippen LogP contribution is 2.14. The maximum atomic E-state index is 12.5. The maximum Gasteiger partial charge on any atom is 0.274 e. The Morgan fingerprint density at radius 3 is 2.95 bits per heavy atom. The van der Waals surface area contributed by atoms with Crippen molar-refractivity contribution in [2.24, 2.45) is 0 Å². The minimum absolute atomic E-state index is 0.0904. The summed E-state index contributed by atoms with van der Waals surface area (Å²) in [4.78, 5) is 18.5. The Bertz CT molecular complexity index is 744. The van der Waals surface area contributed by atoms with Gasteiger partial charge in [0.05, 0.1) is 18.2 Å². The molecule has 20 heavy (non-hydrogen) atoms. The van der Waals surface area contributed by atoms with Gasteiger partial charge in [0.25, 0.3) is 5.91 Å². The van der Waals surface area contributed by atoms with E-state index >= 15 is 0 Å². The van der Waals surface area contributed by atoms with E-state index in [0.717, 1.165) is 16.9 Å². The molecule has 0 spiro atoms. The van der Waals surface area contributed by atoms with Gasteiger partial charge in [0, 0.05) is 25.4 Å². The quantitative estimate of drug-likeness (QED) is 0.734. The second-order valence-electron chi connectivity index (χ2n) is 4.77. The Hall–Kier alpha value is -2.56. The van der Waals surface area contributed by atoms with Crippen molar-refractivity contribution < 1.29 is 9.21 Å². The first kappa shape index (κ1) is 12.5. The number of hydrogen-bond acceptors (Lipinski definition) is 3. The lowest BCUT2D eigenvalue weighted by Crippen LogP contribution is -2.27. The number of imidazole rings is 1. The monoisotopic (exact) mass is 269 g/mol. The first-order valence-corrected chi connectivity index (χ1v) is 6.37. The lowest BCUT2D eigenvalue weighted by molar-refractivity contribution is 0.0779. The number of hydrogen-bond donors (Lipinski definition) is 0. The smallest absolute Gasteiger partial charge is 0.274 e. The molecule has 5 heteroatoms. The highest BCUT2D eigenvalue weighted by Gasteiger charge is 2.19. The van der Waals surface area contributed by atoms with E-state index in [9.17, 15) is 4.79 Å². The van der Waals surface area contributed by atoms with Crippen molar-refractivity contribution in [1.82, 2.24) is 14.3 Å². The summed E-state index contributed by atoms with van der Waals surface area (Å²) in [6.07, 6.45) is 5.15. The molecule has 0 aromatic carbocycles. The first-order chi connectivity index (χ1) is 9.66. The number of furan rings is 1. The summed E-state index contributed by atoms with van der Waals surface area (Å²) in [5.74, 6) is -0.0904. The molecular weight excluding hydrogens is 254 g/mol. The zero-order valence-corrected chi connectivity index (χ0v) is 11.4. The van der Waals surface area contributed by atoms with Gasteiger partial charge < -0.3 is 13.7 Å². The van der Waals surface area contributed by atoms with E-state index in [2.05, 4.69) is 4.98 Å². The van der Waals surface area contributed by atoms with E-state index in [0.29, 0.717) is 12.2 Å². The molecule has 0 atom stereocenters. The van der Waals surface area contributed by atoms with Crippen LogP contribution < -0.4 is 0 Å². The molecular formula is C15H15N3O2. The molecule has 0 bridgehead atoms. The molecule has 3 heterocycles. The second-order valence-corrected chi connectivity index (χ2v) is 4.77. The molecule has 0 saturated carbocycles. The number of fused-ring (bicyclic) bond motifs is 1. The number of nitrogens with zero attached hydrogens (tertiary/aromatic N) is 3. The van der Waals surface area contributed by atoms with Gasteiger partial charge in [-0.05, 0) is 25.1 Å². The van der Waals surface area contributed by atoms with Crippen LogP contribution in [0, 0.1) is 6.92 Å². The summed E-state index contributed by atoms with van der Waals surface area (Å²) < 4.78 is 6.93. The van der Waals surface area contributed by atoms with Crippen LogP contribution in [-0.4, -0.2) is 27.2 Å². The molecule has 0 unspecified atom stereocenters. The average molecular weight is 269 g/mol. The van der Waals surface area contributed by atoms with Gasteiger partial charge in [0.15, 0.2) is 0 Å². The van der Waals surface area contributed by atoms with E-state index in [1.165, 1.54) is 0 Å². The lowest BCUT2D eigenvalue weighted by atomic mass is 10.2. The molecule has 0 fully saturated rings. The molecule has 0 radical (unpaired) electrons. The highest BCUT2D eigenvalue weighted by molar-refractivity contribution is 5.94. The highest BCUT2D eigenvalue weighted by atomic mass is 16.3. The van der Waals surface area contributed by atoms with Gasteiger partial charge in [0.2, 0.25) is 0 Å². The van der Waals surface area contributed by atoms with Crippen LogP contribution >= 0.6 is 0 Å². The third kappa shape index (κ3) is 2.07. The van der Waals surface area contributed by atoms with Gasteiger partial charge in [-0.15, -0.1) is 0 Å². The number of rotatable bonds is 3. The van der Waals surface area contributed by atoms with Crippen LogP contribution in [0.5, 0.6) is 0 Å². The third-order valence-electron chi connectivity index (χ3n) is 3.32. The Morgan fingerprint density at radius 2 is 2.25 bits per heavy atom. The van der Waals surface area contributed by atoms with Crippen molar-refractivity contribution in [2.75, 3.05) is 7.05 Å². The van der Waals surface area contributed by atoms with Crippen molar-refractivity contribution in [1.29, 1.82) is 0 Å². The first-order valence-electron chi connectivity index (χ1n) is 6.37. The van der Waals surface area contributed by atoms with Gasteiger partial charge in [-0.1, -0.05) is 6.07 Å². The topological polar surface area (TPSA) is 50.8 Å². The summed E-state index contributed by atoms with van der Waals surface area (Å²) in [6.45, 7) is 2.40. The van der Waals surface area contributed by atoms with Gasteiger partial charge in [-0.2, -0.15) is 0 Å². The zero-order valence-electron chi connectivity index (χ0n) is 11.4. The van der Waals surface area contributed by atoms with Gasteiger partial charge in [-0.25, -0.2) is 4.98 Å². The lowest BCUT2D eigenvalue weighted by Gasteiger charge is -2.15. The molecule has 0 aliphatic carbocycles. The van der Waals surface area contributed by atoms with Gasteiger partial charge in [-0.3, -0.25) is 4.79 Å². The number of carbonyl (C=O) groups is 1. The summed E-state index contributed by atoms with van der Waals surface area (Å²) >= 11 is 0. The Balaban J connectivity index is 1.90. The molecule has 3 aromatic rings. The molecule has 1 amide bonds. The van der Waals surface area contributed by atoms with Crippen LogP contribution in [-0.2, 0) is 6.54 Å².